The Labute approximate surface area is 246 Å². The quantitative estimate of drug-likeness (QED) is 0.218. The van der Waals surface area contributed by atoms with Gasteiger partial charge in [-0.05, 0) is 107 Å². The van der Waals surface area contributed by atoms with Crippen molar-refractivity contribution < 1.29 is 0 Å². The van der Waals surface area contributed by atoms with Crippen LogP contribution in [0.1, 0.15) is 43.2 Å². The standard InChI is InChI=1S/C40H32N2/c1-2-9-27(10-3-1)38-39(42-36-13-7-6-12-35(36)41-38)28-14-16-32-34(23-28)40(29-19-24-18-25(21-29)22-30(40)20-24)33-17-15-26-8-4-5-11-31(26)37(32)33/h1-17,23-25,29-30H,18-22H2. The van der Waals surface area contributed by atoms with Crippen LogP contribution in [0.4, 0.5) is 0 Å². The summed E-state index contributed by atoms with van der Waals surface area (Å²) in [5, 5.41) is 2.75. The van der Waals surface area contributed by atoms with Gasteiger partial charge in [0.15, 0.2) is 0 Å². The van der Waals surface area contributed by atoms with Gasteiger partial charge in [0.1, 0.15) is 0 Å². The van der Waals surface area contributed by atoms with E-state index in [4.69, 9.17) is 9.97 Å². The van der Waals surface area contributed by atoms with Crippen LogP contribution in [0.5, 0.6) is 0 Å². The Morgan fingerprint density at radius 3 is 1.90 bits per heavy atom. The smallest absolute Gasteiger partial charge is 0.0973 e. The molecule has 0 unspecified atom stereocenters. The van der Waals surface area contributed by atoms with Gasteiger partial charge in [0, 0.05) is 16.5 Å². The third-order valence-corrected chi connectivity index (χ3v) is 11.4. The van der Waals surface area contributed by atoms with Gasteiger partial charge in [-0.2, -0.15) is 0 Å². The van der Waals surface area contributed by atoms with Crippen LogP contribution in [-0.2, 0) is 5.41 Å². The first-order valence-corrected chi connectivity index (χ1v) is 15.8. The van der Waals surface area contributed by atoms with E-state index < -0.39 is 0 Å². The maximum atomic E-state index is 5.31. The minimum atomic E-state index is 0.106. The fourth-order valence-electron chi connectivity index (χ4n) is 10.1. The van der Waals surface area contributed by atoms with Crippen LogP contribution < -0.4 is 0 Å². The highest BCUT2D eigenvalue weighted by atomic mass is 14.8. The first-order chi connectivity index (χ1) is 20.8. The van der Waals surface area contributed by atoms with Crippen molar-refractivity contribution in [1.82, 2.24) is 9.97 Å². The van der Waals surface area contributed by atoms with Crippen molar-refractivity contribution >= 4 is 21.8 Å². The van der Waals surface area contributed by atoms with E-state index in [9.17, 15) is 0 Å². The topological polar surface area (TPSA) is 25.8 Å². The second kappa shape index (κ2) is 8.38. The van der Waals surface area contributed by atoms with Gasteiger partial charge in [-0.1, -0.05) is 91.0 Å². The van der Waals surface area contributed by atoms with Crippen LogP contribution in [0.15, 0.2) is 109 Å². The summed E-state index contributed by atoms with van der Waals surface area (Å²) < 4.78 is 0. The molecule has 1 spiro atoms. The summed E-state index contributed by atoms with van der Waals surface area (Å²) in [6, 6.07) is 40.1. The fraction of sp³-hybridized carbons (Fsp3) is 0.250. The van der Waals surface area contributed by atoms with Crippen LogP contribution in [0.2, 0.25) is 0 Å². The Kier molecular flexibility index (Phi) is 4.65. The zero-order valence-corrected chi connectivity index (χ0v) is 23.6. The summed E-state index contributed by atoms with van der Waals surface area (Å²) in [5.41, 5.74) is 12.4. The van der Waals surface area contributed by atoms with Crippen molar-refractivity contribution in [2.75, 3.05) is 0 Å². The zero-order valence-electron chi connectivity index (χ0n) is 23.6. The minimum Gasteiger partial charge on any atom is -0.244 e. The van der Waals surface area contributed by atoms with Crippen molar-refractivity contribution in [2.45, 2.75) is 37.5 Å². The third-order valence-electron chi connectivity index (χ3n) is 11.4. The Hall–Kier alpha value is -4.30. The van der Waals surface area contributed by atoms with Crippen molar-refractivity contribution in [1.29, 1.82) is 0 Å². The Morgan fingerprint density at radius 1 is 0.524 bits per heavy atom. The van der Waals surface area contributed by atoms with Gasteiger partial charge in [-0.15, -0.1) is 0 Å². The van der Waals surface area contributed by atoms with Crippen molar-refractivity contribution in [2.24, 2.45) is 23.7 Å². The lowest BCUT2D eigenvalue weighted by Crippen LogP contribution is -2.55. The first-order valence-electron chi connectivity index (χ1n) is 15.8. The monoisotopic (exact) mass is 540 g/mol. The molecule has 0 atom stereocenters. The maximum absolute atomic E-state index is 5.31. The van der Waals surface area contributed by atoms with E-state index in [1.807, 2.05) is 0 Å². The van der Waals surface area contributed by atoms with E-state index in [0.717, 1.165) is 51.7 Å². The molecule has 6 aromatic rings. The number of aromatic nitrogens is 2. The summed E-state index contributed by atoms with van der Waals surface area (Å²) in [5.74, 6) is 3.29. The molecule has 4 saturated carbocycles. The number of nitrogens with zero attached hydrogens (tertiary/aromatic N) is 2. The van der Waals surface area contributed by atoms with Gasteiger partial charge in [-0.25, -0.2) is 9.97 Å². The molecule has 5 aliphatic rings. The molecule has 5 aromatic carbocycles. The summed E-state index contributed by atoms with van der Waals surface area (Å²) >= 11 is 0. The number of rotatable bonds is 2. The van der Waals surface area contributed by atoms with Crippen LogP contribution in [0.3, 0.4) is 0 Å². The SMILES string of the molecule is c1ccc(-c2nc3ccccc3nc2-c2ccc3c(c2)C2(c4ccc5ccccc5c4-3)C3CC4CC(C3)CC2C4)cc1. The molecule has 0 amide bonds. The predicted molar refractivity (Wildman–Crippen MR) is 171 cm³/mol. The second-order valence-electron chi connectivity index (χ2n) is 13.4. The summed E-state index contributed by atoms with van der Waals surface area (Å²) in [6.07, 6.45) is 7.00. The van der Waals surface area contributed by atoms with Gasteiger partial charge in [0.25, 0.3) is 0 Å². The maximum Gasteiger partial charge on any atom is 0.0973 e. The molecule has 1 heterocycles. The van der Waals surface area contributed by atoms with E-state index in [-0.39, 0.29) is 5.41 Å². The molecule has 1 aromatic heterocycles. The second-order valence-corrected chi connectivity index (χ2v) is 13.4. The van der Waals surface area contributed by atoms with Gasteiger partial charge >= 0.3 is 0 Å². The van der Waals surface area contributed by atoms with Crippen LogP contribution >= 0.6 is 0 Å². The molecular formula is C40H32N2. The van der Waals surface area contributed by atoms with Gasteiger partial charge in [0.2, 0.25) is 0 Å². The van der Waals surface area contributed by atoms with Crippen LogP contribution in [0, 0.1) is 23.7 Å². The van der Waals surface area contributed by atoms with Crippen molar-refractivity contribution in [3.8, 4) is 33.6 Å². The molecule has 202 valence electrons. The largest absolute Gasteiger partial charge is 0.244 e. The number of fused-ring (bicyclic) bond motifs is 6. The number of hydrogen-bond acceptors (Lipinski definition) is 2. The number of para-hydroxylation sites is 2. The summed E-state index contributed by atoms with van der Waals surface area (Å²) in [7, 11) is 0. The lowest BCUT2D eigenvalue weighted by molar-refractivity contribution is -0.0399. The molecule has 0 N–H and O–H groups in total. The molecule has 2 nitrogen and oxygen atoms in total. The molecule has 2 heteroatoms. The van der Waals surface area contributed by atoms with E-state index in [0.29, 0.717) is 0 Å². The molecule has 5 aliphatic carbocycles. The Bertz CT molecular complexity index is 2030. The average molecular weight is 541 g/mol. The molecule has 0 radical (unpaired) electrons. The molecule has 0 aliphatic heterocycles. The average Bonchev–Trinajstić information content (AvgIpc) is 3.33. The van der Waals surface area contributed by atoms with Crippen LogP contribution in [-0.4, -0.2) is 9.97 Å². The predicted octanol–water partition coefficient (Wildman–Crippen LogP) is 9.84. The zero-order chi connectivity index (χ0) is 27.4. The van der Waals surface area contributed by atoms with Crippen molar-refractivity contribution in [3.05, 3.63) is 120 Å². The van der Waals surface area contributed by atoms with Gasteiger partial charge in [-0.3, -0.25) is 0 Å². The van der Waals surface area contributed by atoms with Crippen molar-refractivity contribution in [3.63, 3.8) is 0 Å². The highest BCUT2D eigenvalue weighted by Gasteiger charge is 2.61. The lowest BCUT2D eigenvalue weighted by Gasteiger charge is -2.61. The Morgan fingerprint density at radius 2 is 1.17 bits per heavy atom. The van der Waals surface area contributed by atoms with E-state index in [1.165, 1.54) is 59.6 Å². The molecule has 11 rings (SSSR count). The lowest BCUT2D eigenvalue weighted by atomic mass is 9.43. The van der Waals surface area contributed by atoms with E-state index >= 15 is 0 Å². The molecular weight excluding hydrogens is 508 g/mol. The molecule has 0 saturated heterocycles. The third kappa shape index (κ3) is 3.00. The molecule has 42 heavy (non-hydrogen) atoms. The first kappa shape index (κ1) is 23.3. The summed E-state index contributed by atoms with van der Waals surface area (Å²) in [4.78, 5) is 10.5. The molecule has 4 fully saturated rings. The highest BCUT2D eigenvalue weighted by Crippen LogP contribution is 2.70. The highest BCUT2D eigenvalue weighted by molar-refractivity contribution is 6.03. The minimum absolute atomic E-state index is 0.106. The van der Waals surface area contributed by atoms with E-state index in [1.54, 1.807) is 11.1 Å². The number of hydrogen-bond donors (Lipinski definition) is 0. The van der Waals surface area contributed by atoms with Gasteiger partial charge < -0.3 is 0 Å². The summed E-state index contributed by atoms with van der Waals surface area (Å²) in [6.45, 7) is 0. The normalized spacial score (nSPS) is 26.7. The molecule has 4 bridgehead atoms. The fourth-order valence-corrected chi connectivity index (χ4v) is 10.1. The number of benzene rings is 5. The van der Waals surface area contributed by atoms with Gasteiger partial charge in [0.05, 0.1) is 22.4 Å². The Balaban J connectivity index is 1.27. The van der Waals surface area contributed by atoms with Crippen LogP contribution in [0.25, 0.3) is 55.4 Å². The van der Waals surface area contributed by atoms with E-state index in [2.05, 4.69) is 109 Å².